The molecule has 3 heterocycles. The van der Waals surface area contributed by atoms with Gasteiger partial charge < -0.3 is 29.7 Å². The maximum atomic E-state index is 13.7. The summed E-state index contributed by atoms with van der Waals surface area (Å²) in [5.41, 5.74) is 5.01. The van der Waals surface area contributed by atoms with Crippen LogP contribution in [0.15, 0.2) is 60.7 Å². The van der Waals surface area contributed by atoms with Crippen LogP contribution in [-0.2, 0) is 0 Å². The molecule has 3 aromatic carbocycles. The number of rotatable bonds is 4. The molecule has 8 heteroatoms. The third-order valence-electron chi connectivity index (χ3n) is 7.60. The van der Waals surface area contributed by atoms with Gasteiger partial charge in [0.1, 0.15) is 0 Å². The molecule has 8 nitrogen and oxygen atoms in total. The number of fused-ring (bicyclic) bond motifs is 4. The minimum atomic E-state index is -0.183. The molecule has 0 aliphatic carbocycles. The Morgan fingerprint density at radius 2 is 1.81 bits per heavy atom. The van der Waals surface area contributed by atoms with Crippen LogP contribution in [-0.4, -0.2) is 66.8 Å². The van der Waals surface area contributed by atoms with Gasteiger partial charge in [-0.1, -0.05) is 18.2 Å². The lowest BCUT2D eigenvalue weighted by molar-refractivity contribution is 0.0700. The molecule has 1 fully saturated rings. The van der Waals surface area contributed by atoms with Crippen molar-refractivity contribution in [2.45, 2.75) is 18.5 Å². The SMILES string of the molecule is CN(C)C(=O)c1cccc(-c2ccc3c(c2)[C@H]2[C@H](CCN2C(=O)c2ccc4c(c2)OCO4)[C@@H](CO)N3)c1. The number of aliphatic hydroxyl groups is 1. The molecule has 0 aromatic heterocycles. The van der Waals surface area contributed by atoms with E-state index in [4.69, 9.17) is 9.47 Å². The molecule has 190 valence electrons. The summed E-state index contributed by atoms with van der Waals surface area (Å²) in [5.74, 6) is 1.17. The quantitative estimate of drug-likeness (QED) is 0.568. The number of carbonyl (C=O) groups is 2. The van der Waals surface area contributed by atoms with Gasteiger partial charge in [0.05, 0.1) is 18.7 Å². The standard InChI is InChI=1S/C29H29N3O5/c1-31(2)28(34)19-5-3-4-17(12-19)18-6-8-23-22(13-18)27-21(24(15-33)30-23)10-11-32(27)29(35)20-7-9-25-26(14-20)37-16-36-25/h3-9,12-14,21,24,27,30,33H,10-11,15-16H2,1-2H3/t21-,24-,27-/m1/s1. The molecule has 6 rings (SSSR count). The molecule has 0 saturated carbocycles. The average molecular weight is 500 g/mol. The van der Waals surface area contributed by atoms with Crippen LogP contribution >= 0.6 is 0 Å². The van der Waals surface area contributed by atoms with Crippen LogP contribution in [0.1, 0.15) is 38.7 Å². The van der Waals surface area contributed by atoms with Crippen LogP contribution in [0.3, 0.4) is 0 Å². The highest BCUT2D eigenvalue weighted by molar-refractivity contribution is 5.96. The molecule has 0 spiro atoms. The summed E-state index contributed by atoms with van der Waals surface area (Å²) >= 11 is 0. The predicted octanol–water partition coefficient (Wildman–Crippen LogP) is 3.77. The topological polar surface area (TPSA) is 91.3 Å². The fourth-order valence-corrected chi connectivity index (χ4v) is 5.76. The Labute approximate surface area is 215 Å². The summed E-state index contributed by atoms with van der Waals surface area (Å²) in [6.07, 6.45) is 0.787. The molecule has 0 bridgehead atoms. The van der Waals surface area contributed by atoms with E-state index in [1.807, 2.05) is 41.3 Å². The van der Waals surface area contributed by atoms with Crippen molar-refractivity contribution in [3.05, 3.63) is 77.4 Å². The van der Waals surface area contributed by atoms with Crippen molar-refractivity contribution in [1.29, 1.82) is 0 Å². The van der Waals surface area contributed by atoms with E-state index < -0.39 is 0 Å². The van der Waals surface area contributed by atoms with Crippen LogP contribution in [0, 0.1) is 5.92 Å². The van der Waals surface area contributed by atoms with Crippen molar-refractivity contribution < 1.29 is 24.2 Å². The molecule has 2 N–H and O–H groups in total. The lowest BCUT2D eigenvalue weighted by atomic mass is 9.82. The van der Waals surface area contributed by atoms with Crippen LogP contribution in [0.5, 0.6) is 11.5 Å². The Balaban J connectivity index is 1.38. The monoisotopic (exact) mass is 499 g/mol. The van der Waals surface area contributed by atoms with Gasteiger partial charge in [-0.15, -0.1) is 0 Å². The molecule has 3 atom stereocenters. The molecule has 2 amide bonds. The zero-order chi connectivity index (χ0) is 25.7. The second-order valence-electron chi connectivity index (χ2n) is 9.98. The third-order valence-corrected chi connectivity index (χ3v) is 7.60. The van der Waals surface area contributed by atoms with E-state index in [0.717, 1.165) is 28.8 Å². The minimum absolute atomic E-state index is 0.0108. The Hall–Kier alpha value is -4.04. The van der Waals surface area contributed by atoms with E-state index in [2.05, 4.69) is 11.4 Å². The number of amides is 2. The highest BCUT2D eigenvalue weighted by atomic mass is 16.7. The van der Waals surface area contributed by atoms with Gasteiger partial charge in [-0.2, -0.15) is 0 Å². The maximum Gasteiger partial charge on any atom is 0.254 e. The molecule has 0 radical (unpaired) electrons. The second kappa shape index (κ2) is 9.12. The van der Waals surface area contributed by atoms with Gasteiger partial charge in [-0.3, -0.25) is 9.59 Å². The number of ether oxygens (including phenoxy) is 2. The van der Waals surface area contributed by atoms with Crippen molar-refractivity contribution in [3.63, 3.8) is 0 Å². The fraction of sp³-hybridized carbons (Fsp3) is 0.310. The molecular formula is C29H29N3O5. The van der Waals surface area contributed by atoms with E-state index in [0.29, 0.717) is 29.2 Å². The van der Waals surface area contributed by atoms with Gasteiger partial charge in [0.2, 0.25) is 6.79 Å². The smallest absolute Gasteiger partial charge is 0.254 e. The van der Waals surface area contributed by atoms with E-state index in [1.54, 1.807) is 37.2 Å². The van der Waals surface area contributed by atoms with E-state index in [-0.39, 0.29) is 43.2 Å². The van der Waals surface area contributed by atoms with Crippen molar-refractivity contribution >= 4 is 17.5 Å². The highest BCUT2D eigenvalue weighted by Crippen LogP contribution is 2.48. The van der Waals surface area contributed by atoms with Crippen molar-refractivity contribution in [1.82, 2.24) is 9.80 Å². The van der Waals surface area contributed by atoms with Crippen LogP contribution in [0.4, 0.5) is 5.69 Å². The summed E-state index contributed by atoms with van der Waals surface area (Å²) in [6, 6.07) is 18.7. The highest BCUT2D eigenvalue weighted by Gasteiger charge is 2.46. The van der Waals surface area contributed by atoms with Crippen LogP contribution < -0.4 is 14.8 Å². The molecule has 3 aromatic rings. The number of benzene rings is 3. The van der Waals surface area contributed by atoms with Crippen molar-refractivity contribution in [3.8, 4) is 22.6 Å². The molecule has 1 saturated heterocycles. The van der Waals surface area contributed by atoms with Gasteiger partial charge in [0.25, 0.3) is 11.8 Å². The van der Waals surface area contributed by atoms with Crippen molar-refractivity contribution in [2.75, 3.05) is 39.4 Å². The lowest BCUT2D eigenvalue weighted by Crippen LogP contribution is -2.42. The summed E-state index contributed by atoms with van der Waals surface area (Å²) in [7, 11) is 3.48. The Morgan fingerprint density at radius 3 is 2.62 bits per heavy atom. The first-order valence-corrected chi connectivity index (χ1v) is 12.5. The first-order valence-electron chi connectivity index (χ1n) is 12.5. The zero-order valence-electron chi connectivity index (χ0n) is 20.8. The predicted molar refractivity (Wildman–Crippen MR) is 139 cm³/mol. The summed E-state index contributed by atoms with van der Waals surface area (Å²) in [4.78, 5) is 29.8. The second-order valence-corrected chi connectivity index (χ2v) is 9.98. The van der Waals surface area contributed by atoms with Gasteiger partial charge >= 0.3 is 0 Å². The van der Waals surface area contributed by atoms with Gasteiger partial charge in [0.15, 0.2) is 11.5 Å². The maximum absolute atomic E-state index is 13.7. The number of carbonyl (C=O) groups excluding carboxylic acids is 2. The van der Waals surface area contributed by atoms with Crippen LogP contribution in [0.2, 0.25) is 0 Å². The Kier molecular flexibility index (Phi) is 5.76. The first kappa shape index (κ1) is 23.4. The Morgan fingerprint density at radius 1 is 1.00 bits per heavy atom. The minimum Gasteiger partial charge on any atom is -0.454 e. The van der Waals surface area contributed by atoms with E-state index in [1.165, 1.54) is 0 Å². The third kappa shape index (κ3) is 3.97. The first-order chi connectivity index (χ1) is 17.9. The number of hydrogen-bond donors (Lipinski definition) is 2. The number of anilines is 1. The van der Waals surface area contributed by atoms with Gasteiger partial charge in [0, 0.05) is 43.4 Å². The molecule has 3 aliphatic rings. The van der Waals surface area contributed by atoms with E-state index >= 15 is 0 Å². The largest absolute Gasteiger partial charge is 0.454 e. The van der Waals surface area contributed by atoms with Gasteiger partial charge in [-0.05, 0) is 65.6 Å². The number of likely N-dealkylation sites (tertiary alicyclic amines) is 1. The fourth-order valence-electron chi connectivity index (χ4n) is 5.76. The normalized spacial score (nSPS) is 21.2. The molecular weight excluding hydrogens is 470 g/mol. The summed E-state index contributed by atoms with van der Waals surface area (Å²) < 4.78 is 10.9. The number of aliphatic hydroxyl groups excluding tert-OH is 1. The zero-order valence-corrected chi connectivity index (χ0v) is 20.8. The Bertz CT molecular complexity index is 1390. The van der Waals surface area contributed by atoms with Gasteiger partial charge in [-0.25, -0.2) is 0 Å². The summed E-state index contributed by atoms with van der Waals surface area (Å²) in [5, 5.41) is 13.6. The van der Waals surface area contributed by atoms with Crippen molar-refractivity contribution in [2.24, 2.45) is 5.92 Å². The lowest BCUT2D eigenvalue weighted by Gasteiger charge is -2.39. The average Bonchev–Trinajstić information content (AvgIpc) is 3.59. The number of hydrogen-bond acceptors (Lipinski definition) is 6. The summed E-state index contributed by atoms with van der Waals surface area (Å²) in [6.45, 7) is 0.739. The number of nitrogens with zero attached hydrogens (tertiary/aromatic N) is 2. The van der Waals surface area contributed by atoms with E-state index in [9.17, 15) is 14.7 Å². The number of nitrogens with one attached hydrogen (secondary N) is 1. The molecule has 0 unspecified atom stereocenters. The molecule has 37 heavy (non-hydrogen) atoms. The molecule has 3 aliphatic heterocycles. The van der Waals surface area contributed by atoms with Crippen LogP contribution in [0.25, 0.3) is 11.1 Å².